The Labute approximate surface area is 169 Å². The Bertz CT molecular complexity index is 776. The van der Waals surface area contributed by atoms with Crippen molar-refractivity contribution in [2.45, 2.75) is 32.7 Å². The monoisotopic (exact) mass is 411 g/mol. The highest BCUT2D eigenvalue weighted by molar-refractivity contribution is 6.32. The average Bonchev–Trinajstić information content (AvgIpc) is 2.99. The SMILES string of the molecule is COc1cc(OC)c(N2C[C@H](C(=O)NCC(=O)NC(C)(C)C)CC2=O)cc1Cl. The number of halogens is 1. The summed E-state index contributed by atoms with van der Waals surface area (Å²) in [7, 11) is 2.96. The average molecular weight is 412 g/mol. The Kier molecular flexibility index (Phi) is 6.77. The third-order valence-electron chi connectivity index (χ3n) is 4.18. The Hall–Kier alpha value is -2.48. The third-order valence-corrected chi connectivity index (χ3v) is 4.47. The van der Waals surface area contributed by atoms with Gasteiger partial charge in [-0.25, -0.2) is 0 Å². The molecule has 2 rings (SSSR count). The first-order chi connectivity index (χ1) is 13.1. The first-order valence-electron chi connectivity index (χ1n) is 8.86. The number of rotatable bonds is 6. The van der Waals surface area contributed by atoms with Gasteiger partial charge in [-0.2, -0.15) is 0 Å². The molecule has 1 atom stereocenters. The van der Waals surface area contributed by atoms with E-state index in [1.54, 1.807) is 12.1 Å². The van der Waals surface area contributed by atoms with Crippen LogP contribution < -0.4 is 25.0 Å². The second-order valence-electron chi connectivity index (χ2n) is 7.58. The molecular weight excluding hydrogens is 386 g/mol. The highest BCUT2D eigenvalue weighted by atomic mass is 35.5. The fourth-order valence-corrected chi connectivity index (χ4v) is 3.18. The fourth-order valence-electron chi connectivity index (χ4n) is 2.95. The predicted octanol–water partition coefficient (Wildman–Crippen LogP) is 1.74. The number of hydrogen-bond donors (Lipinski definition) is 2. The quantitative estimate of drug-likeness (QED) is 0.743. The molecule has 1 aliphatic heterocycles. The number of benzene rings is 1. The van der Waals surface area contributed by atoms with E-state index in [2.05, 4.69) is 10.6 Å². The maximum atomic E-state index is 12.5. The van der Waals surface area contributed by atoms with E-state index in [9.17, 15) is 14.4 Å². The van der Waals surface area contributed by atoms with Gasteiger partial charge in [-0.3, -0.25) is 14.4 Å². The lowest BCUT2D eigenvalue weighted by Gasteiger charge is -2.21. The topological polar surface area (TPSA) is 97.0 Å². The molecular formula is C19H26ClN3O5. The van der Waals surface area contributed by atoms with Crippen molar-refractivity contribution in [3.8, 4) is 11.5 Å². The standard InChI is InChI=1S/C19H26ClN3O5/c1-19(2,3)22-16(24)9-21-18(26)11-6-17(25)23(10-11)13-7-12(20)14(27-4)8-15(13)28-5/h7-8,11H,6,9-10H2,1-5H3,(H,21,26)(H,22,24)/t11-/m1/s1. The van der Waals surface area contributed by atoms with Crippen LogP contribution in [0, 0.1) is 5.92 Å². The molecule has 1 fully saturated rings. The molecule has 28 heavy (non-hydrogen) atoms. The number of hydrogen-bond acceptors (Lipinski definition) is 5. The zero-order chi connectivity index (χ0) is 21.1. The van der Waals surface area contributed by atoms with Crippen LogP contribution in [0.25, 0.3) is 0 Å². The van der Waals surface area contributed by atoms with Crippen LogP contribution in [0.5, 0.6) is 11.5 Å². The van der Waals surface area contributed by atoms with Gasteiger partial charge in [-0.1, -0.05) is 11.6 Å². The molecule has 2 N–H and O–H groups in total. The van der Waals surface area contributed by atoms with Crippen molar-refractivity contribution in [2.75, 3.05) is 32.2 Å². The van der Waals surface area contributed by atoms with Gasteiger partial charge in [0.2, 0.25) is 17.7 Å². The van der Waals surface area contributed by atoms with Gasteiger partial charge in [0.05, 0.1) is 37.4 Å². The minimum atomic E-state index is -0.569. The summed E-state index contributed by atoms with van der Waals surface area (Å²) in [6, 6.07) is 3.17. The van der Waals surface area contributed by atoms with Gasteiger partial charge in [0.1, 0.15) is 11.5 Å². The molecule has 154 valence electrons. The largest absolute Gasteiger partial charge is 0.495 e. The van der Waals surface area contributed by atoms with Gasteiger partial charge in [-0.05, 0) is 26.8 Å². The van der Waals surface area contributed by atoms with Gasteiger partial charge < -0.3 is 25.0 Å². The molecule has 1 heterocycles. The third kappa shape index (κ3) is 5.28. The second kappa shape index (κ2) is 8.68. The van der Waals surface area contributed by atoms with Crippen molar-refractivity contribution in [1.29, 1.82) is 0 Å². The lowest BCUT2D eigenvalue weighted by atomic mass is 10.1. The van der Waals surface area contributed by atoms with Gasteiger partial charge in [0.15, 0.2) is 0 Å². The first-order valence-corrected chi connectivity index (χ1v) is 9.24. The summed E-state index contributed by atoms with van der Waals surface area (Å²) in [6.07, 6.45) is 0.0412. The molecule has 0 saturated carbocycles. The number of carbonyl (C=O) groups excluding carboxylic acids is 3. The Morgan fingerprint density at radius 1 is 1.21 bits per heavy atom. The number of ether oxygens (including phenoxy) is 2. The van der Waals surface area contributed by atoms with Crippen LogP contribution in [-0.4, -0.2) is 50.6 Å². The summed E-state index contributed by atoms with van der Waals surface area (Å²) in [5.74, 6) is -0.586. The van der Waals surface area contributed by atoms with Crippen LogP contribution >= 0.6 is 11.6 Å². The number of nitrogens with zero attached hydrogens (tertiary/aromatic N) is 1. The number of carbonyl (C=O) groups is 3. The molecule has 0 unspecified atom stereocenters. The maximum Gasteiger partial charge on any atom is 0.239 e. The van der Waals surface area contributed by atoms with Crippen molar-refractivity contribution in [1.82, 2.24) is 10.6 Å². The number of nitrogens with one attached hydrogen (secondary N) is 2. The van der Waals surface area contributed by atoms with E-state index in [1.165, 1.54) is 19.1 Å². The molecule has 8 nitrogen and oxygen atoms in total. The van der Waals surface area contributed by atoms with Crippen LogP contribution in [0.4, 0.5) is 5.69 Å². The molecule has 0 aliphatic carbocycles. The van der Waals surface area contributed by atoms with Crippen molar-refractivity contribution < 1.29 is 23.9 Å². The van der Waals surface area contributed by atoms with Gasteiger partial charge >= 0.3 is 0 Å². The molecule has 1 aromatic rings. The molecule has 3 amide bonds. The Balaban J connectivity index is 2.06. The van der Waals surface area contributed by atoms with Gasteiger partial charge in [0.25, 0.3) is 0 Å². The molecule has 0 bridgehead atoms. The van der Waals surface area contributed by atoms with Gasteiger partial charge in [0, 0.05) is 24.6 Å². The summed E-state index contributed by atoms with van der Waals surface area (Å²) in [5.41, 5.74) is 0.0886. The Morgan fingerprint density at radius 2 is 1.86 bits per heavy atom. The molecule has 0 radical (unpaired) electrons. The van der Waals surface area contributed by atoms with Crippen molar-refractivity contribution in [3.05, 3.63) is 17.2 Å². The lowest BCUT2D eigenvalue weighted by Crippen LogP contribution is -2.46. The van der Waals surface area contributed by atoms with E-state index in [4.69, 9.17) is 21.1 Å². The Morgan fingerprint density at radius 3 is 2.43 bits per heavy atom. The smallest absolute Gasteiger partial charge is 0.239 e. The highest BCUT2D eigenvalue weighted by Crippen LogP contribution is 2.40. The van der Waals surface area contributed by atoms with Crippen LogP contribution in [0.1, 0.15) is 27.2 Å². The first kappa shape index (κ1) is 21.8. The van der Waals surface area contributed by atoms with Crippen molar-refractivity contribution in [2.24, 2.45) is 5.92 Å². The number of anilines is 1. The second-order valence-corrected chi connectivity index (χ2v) is 7.99. The van der Waals surface area contributed by atoms with Crippen LogP contribution in [0.2, 0.25) is 5.02 Å². The van der Waals surface area contributed by atoms with E-state index in [0.717, 1.165) is 0 Å². The van der Waals surface area contributed by atoms with E-state index >= 15 is 0 Å². The van der Waals surface area contributed by atoms with Crippen LogP contribution in [-0.2, 0) is 14.4 Å². The van der Waals surface area contributed by atoms with E-state index in [1.807, 2.05) is 20.8 Å². The van der Waals surface area contributed by atoms with E-state index in [-0.39, 0.29) is 42.8 Å². The number of amides is 3. The zero-order valence-electron chi connectivity index (χ0n) is 16.7. The van der Waals surface area contributed by atoms with Crippen LogP contribution in [0.15, 0.2) is 12.1 Å². The normalized spacial score (nSPS) is 16.7. The number of methoxy groups -OCH3 is 2. The molecule has 1 saturated heterocycles. The summed E-state index contributed by atoms with van der Waals surface area (Å²) in [6.45, 7) is 5.60. The van der Waals surface area contributed by atoms with Crippen molar-refractivity contribution >= 4 is 35.0 Å². The molecule has 9 heteroatoms. The lowest BCUT2D eigenvalue weighted by molar-refractivity contribution is -0.129. The van der Waals surface area contributed by atoms with Crippen LogP contribution in [0.3, 0.4) is 0 Å². The molecule has 1 aliphatic rings. The predicted molar refractivity (Wildman–Crippen MR) is 106 cm³/mol. The van der Waals surface area contributed by atoms with Gasteiger partial charge in [-0.15, -0.1) is 0 Å². The minimum Gasteiger partial charge on any atom is -0.495 e. The highest BCUT2D eigenvalue weighted by Gasteiger charge is 2.36. The fraction of sp³-hybridized carbons (Fsp3) is 0.526. The molecule has 0 spiro atoms. The van der Waals surface area contributed by atoms with Crippen molar-refractivity contribution in [3.63, 3.8) is 0 Å². The van der Waals surface area contributed by atoms with E-state index in [0.29, 0.717) is 22.2 Å². The summed E-state index contributed by atoms with van der Waals surface area (Å²) in [5, 5.41) is 5.69. The summed E-state index contributed by atoms with van der Waals surface area (Å²) < 4.78 is 10.5. The molecule has 0 aromatic heterocycles. The zero-order valence-corrected chi connectivity index (χ0v) is 17.5. The molecule has 1 aromatic carbocycles. The summed E-state index contributed by atoms with van der Waals surface area (Å²) >= 11 is 6.18. The van der Waals surface area contributed by atoms with E-state index < -0.39 is 5.92 Å². The maximum absolute atomic E-state index is 12.5. The minimum absolute atomic E-state index is 0.0412. The summed E-state index contributed by atoms with van der Waals surface area (Å²) in [4.78, 5) is 38.2.